The van der Waals surface area contributed by atoms with E-state index in [1.807, 2.05) is 0 Å². The van der Waals surface area contributed by atoms with Crippen molar-refractivity contribution in [2.75, 3.05) is 11.6 Å². The quantitative estimate of drug-likeness (QED) is 0.705. The molecule has 1 atom stereocenters. The molecule has 1 unspecified atom stereocenters. The molecule has 2 heteroatoms. The van der Waals surface area contributed by atoms with Crippen LogP contribution in [0.4, 0.5) is 5.69 Å². The van der Waals surface area contributed by atoms with E-state index in [4.69, 9.17) is 0 Å². The predicted molar refractivity (Wildman–Crippen MR) is 55.6 cm³/mol. The van der Waals surface area contributed by atoms with Gasteiger partial charge in [-0.3, -0.25) is 0 Å². The van der Waals surface area contributed by atoms with Crippen LogP contribution in [0.1, 0.15) is 19.8 Å². The van der Waals surface area contributed by atoms with Gasteiger partial charge >= 0.3 is 0 Å². The lowest BCUT2D eigenvalue weighted by Gasteiger charge is -2.33. The molecule has 1 aliphatic rings. The van der Waals surface area contributed by atoms with Crippen molar-refractivity contribution in [2.24, 2.45) is 0 Å². The summed E-state index contributed by atoms with van der Waals surface area (Å²) in [6.07, 6.45) is 2.56. The van der Waals surface area contributed by atoms with E-state index >= 15 is 0 Å². The molecule has 13 heavy (non-hydrogen) atoms. The van der Waals surface area contributed by atoms with Crippen LogP contribution in [0.25, 0.3) is 0 Å². The molecule has 0 bridgehead atoms. The van der Waals surface area contributed by atoms with Crippen LogP contribution in [-0.2, 0) is 0 Å². The van der Waals surface area contributed by atoms with E-state index in [0.717, 1.165) is 6.54 Å². The van der Waals surface area contributed by atoms with Crippen molar-refractivity contribution >= 4 is 5.69 Å². The summed E-state index contributed by atoms with van der Waals surface area (Å²) in [7, 11) is 0. The third-order valence-electron chi connectivity index (χ3n) is 2.46. The van der Waals surface area contributed by atoms with Crippen LogP contribution in [-0.4, -0.2) is 12.6 Å². The fourth-order valence-electron chi connectivity index (χ4n) is 1.76. The maximum Gasteiger partial charge on any atom is 0.0519 e. The summed E-state index contributed by atoms with van der Waals surface area (Å²) in [4.78, 5) is 0. The van der Waals surface area contributed by atoms with E-state index in [1.54, 1.807) is 0 Å². The summed E-state index contributed by atoms with van der Waals surface area (Å²) in [6.45, 7) is 3.35. The van der Waals surface area contributed by atoms with Gasteiger partial charge in [-0.05, 0) is 31.9 Å². The summed E-state index contributed by atoms with van der Waals surface area (Å²) in [5.41, 5.74) is 4.74. The van der Waals surface area contributed by atoms with E-state index < -0.39 is 0 Å². The van der Waals surface area contributed by atoms with Crippen LogP contribution in [0.5, 0.6) is 0 Å². The second-order valence-corrected chi connectivity index (χ2v) is 3.66. The summed E-state index contributed by atoms with van der Waals surface area (Å²) >= 11 is 0. The SMILES string of the molecule is CC1CCCN(c2ccccc2)N1. The standard InChI is InChI=1S/C11H16N2/c1-10-6-5-9-13(12-10)11-7-3-2-4-8-11/h2-4,7-8,10,12H,5-6,9H2,1H3. The van der Waals surface area contributed by atoms with Crippen molar-refractivity contribution in [3.8, 4) is 0 Å². The fourth-order valence-corrected chi connectivity index (χ4v) is 1.76. The molecule has 0 aromatic heterocycles. The number of hydrogen-bond acceptors (Lipinski definition) is 2. The first-order chi connectivity index (χ1) is 6.36. The summed E-state index contributed by atoms with van der Waals surface area (Å²) in [5.74, 6) is 0. The van der Waals surface area contributed by atoms with Gasteiger partial charge < -0.3 is 5.01 Å². The van der Waals surface area contributed by atoms with E-state index in [1.165, 1.54) is 18.5 Å². The summed E-state index contributed by atoms with van der Waals surface area (Å²) < 4.78 is 0. The number of nitrogens with zero attached hydrogens (tertiary/aromatic N) is 1. The number of rotatable bonds is 1. The Morgan fingerprint density at radius 3 is 2.77 bits per heavy atom. The van der Waals surface area contributed by atoms with Crippen LogP contribution >= 0.6 is 0 Å². The number of nitrogens with one attached hydrogen (secondary N) is 1. The van der Waals surface area contributed by atoms with Gasteiger partial charge in [0.2, 0.25) is 0 Å². The lowest BCUT2D eigenvalue weighted by atomic mass is 10.1. The molecule has 0 saturated carbocycles. The smallest absolute Gasteiger partial charge is 0.0519 e. The molecular weight excluding hydrogens is 160 g/mol. The Labute approximate surface area is 79.5 Å². The average molecular weight is 176 g/mol. The Hall–Kier alpha value is -1.02. The number of hydrazine groups is 1. The van der Waals surface area contributed by atoms with Gasteiger partial charge in [0.15, 0.2) is 0 Å². The first-order valence-electron chi connectivity index (χ1n) is 4.95. The zero-order valence-electron chi connectivity index (χ0n) is 8.03. The zero-order valence-corrected chi connectivity index (χ0v) is 8.03. The molecule has 0 amide bonds. The molecule has 1 heterocycles. The Balaban J connectivity index is 2.08. The Morgan fingerprint density at radius 2 is 2.08 bits per heavy atom. The monoisotopic (exact) mass is 176 g/mol. The van der Waals surface area contributed by atoms with Gasteiger partial charge in [-0.2, -0.15) is 0 Å². The first kappa shape index (κ1) is 8.57. The molecule has 70 valence electrons. The molecule has 0 aliphatic carbocycles. The molecule has 0 spiro atoms. The maximum absolute atomic E-state index is 3.47. The Kier molecular flexibility index (Phi) is 2.50. The lowest BCUT2D eigenvalue weighted by molar-refractivity contribution is 0.418. The van der Waals surface area contributed by atoms with Gasteiger partial charge in [0.1, 0.15) is 0 Å². The normalized spacial score (nSPS) is 23.2. The first-order valence-corrected chi connectivity index (χ1v) is 4.95. The van der Waals surface area contributed by atoms with E-state index in [-0.39, 0.29) is 0 Å². The van der Waals surface area contributed by atoms with Gasteiger partial charge in [-0.25, -0.2) is 5.43 Å². The van der Waals surface area contributed by atoms with E-state index in [9.17, 15) is 0 Å². The minimum atomic E-state index is 0.606. The second-order valence-electron chi connectivity index (χ2n) is 3.66. The van der Waals surface area contributed by atoms with Gasteiger partial charge in [0, 0.05) is 12.6 Å². The minimum Gasteiger partial charge on any atom is -0.308 e. The number of anilines is 1. The van der Waals surface area contributed by atoms with Crippen molar-refractivity contribution in [3.05, 3.63) is 30.3 Å². The molecule has 1 aliphatic heterocycles. The van der Waals surface area contributed by atoms with Crippen molar-refractivity contribution in [2.45, 2.75) is 25.8 Å². The van der Waals surface area contributed by atoms with Crippen molar-refractivity contribution < 1.29 is 0 Å². The second kappa shape index (κ2) is 3.79. The van der Waals surface area contributed by atoms with E-state index in [2.05, 4.69) is 47.7 Å². The third-order valence-corrected chi connectivity index (χ3v) is 2.46. The van der Waals surface area contributed by atoms with Gasteiger partial charge in [0.05, 0.1) is 5.69 Å². The minimum absolute atomic E-state index is 0.606. The van der Waals surface area contributed by atoms with Gasteiger partial charge in [0.25, 0.3) is 0 Å². The topological polar surface area (TPSA) is 15.3 Å². The molecule has 1 aromatic carbocycles. The van der Waals surface area contributed by atoms with Crippen LogP contribution < -0.4 is 10.4 Å². The highest BCUT2D eigenvalue weighted by molar-refractivity contribution is 5.44. The molecule has 1 aromatic rings. The average Bonchev–Trinajstić information content (AvgIpc) is 2.19. The van der Waals surface area contributed by atoms with Gasteiger partial charge in [-0.1, -0.05) is 18.2 Å². The Morgan fingerprint density at radius 1 is 1.31 bits per heavy atom. The summed E-state index contributed by atoms with van der Waals surface area (Å²) in [5, 5.41) is 2.24. The lowest BCUT2D eigenvalue weighted by Crippen LogP contribution is -2.48. The highest BCUT2D eigenvalue weighted by Gasteiger charge is 2.14. The number of benzene rings is 1. The van der Waals surface area contributed by atoms with Gasteiger partial charge in [-0.15, -0.1) is 0 Å². The Bertz CT molecular complexity index is 258. The molecule has 1 saturated heterocycles. The van der Waals surface area contributed by atoms with Crippen molar-refractivity contribution in [1.82, 2.24) is 5.43 Å². The van der Waals surface area contributed by atoms with Crippen molar-refractivity contribution in [1.29, 1.82) is 0 Å². The van der Waals surface area contributed by atoms with Crippen LogP contribution in [0.3, 0.4) is 0 Å². The highest BCUT2D eigenvalue weighted by atomic mass is 15.5. The molecule has 2 nitrogen and oxygen atoms in total. The highest BCUT2D eigenvalue weighted by Crippen LogP contribution is 2.16. The summed E-state index contributed by atoms with van der Waals surface area (Å²) in [6, 6.07) is 11.1. The number of hydrogen-bond donors (Lipinski definition) is 1. The van der Waals surface area contributed by atoms with Crippen LogP contribution in [0.15, 0.2) is 30.3 Å². The molecule has 1 N–H and O–H groups in total. The maximum atomic E-state index is 3.47. The molecule has 1 fully saturated rings. The molecule has 0 radical (unpaired) electrons. The molecule has 2 rings (SSSR count). The largest absolute Gasteiger partial charge is 0.308 e. The molecular formula is C11H16N2. The zero-order chi connectivity index (χ0) is 9.10. The predicted octanol–water partition coefficient (Wildman–Crippen LogP) is 2.18. The number of para-hydroxylation sites is 1. The van der Waals surface area contributed by atoms with Crippen LogP contribution in [0, 0.1) is 0 Å². The third kappa shape index (κ3) is 2.01. The van der Waals surface area contributed by atoms with E-state index in [0.29, 0.717) is 6.04 Å². The van der Waals surface area contributed by atoms with Crippen molar-refractivity contribution in [3.63, 3.8) is 0 Å². The fraction of sp³-hybridized carbons (Fsp3) is 0.455. The van der Waals surface area contributed by atoms with Crippen LogP contribution in [0.2, 0.25) is 0 Å².